The molecule has 0 aliphatic heterocycles. The van der Waals surface area contributed by atoms with Crippen molar-refractivity contribution in [3.63, 3.8) is 0 Å². The van der Waals surface area contributed by atoms with Crippen molar-refractivity contribution in [1.82, 2.24) is 5.32 Å². The van der Waals surface area contributed by atoms with Crippen LogP contribution in [0.5, 0.6) is 11.5 Å². The molecule has 0 radical (unpaired) electrons. The lowest BCUT2D eigenvalue weighted by Gasteiger charge is -2.19. The summed E-state index contributed by atoms with van der Waals surface area (Å²) in [6.45, 7) is 2.52. The molecule has 7 heteroatoms. The third-order valence-corrected chi connectivity index (χ3v) is 8.16. The molecule has 0 unspecified atom stereocenters. The quantitative estimate of drug-likeness (QED) is 0.114. The zero-order chi connectivity index (χ0) is 33.7. The zero-order valence-corrected chi connectivity index (χ0v) is 27.4. The Kier molecular flexibility index (Phi) is 12.1. The van der Waals surface area contributed by atoms with Crippen LogP contribution in [-0.4, -0.2) is 30.9 Å². The van der Waals surface area contributed by atoms with E-state index < -0.39 is 12.0 Å². The van der Waals surface area contributed by atoms with E-state index in [4.69, 9.17) is 19.9 Å². The Morgan fingerprint density at radius 1 is 0.625 bits per heavy atom. The molecule has 246 valence electrons. The molecule has 5 rings (SSSR count). The summed E-state index contributed by atoms with van der Waals surface area (Å²) in [5.74, 6) is 0.925. The van der Waals surface area contributed by atoms with Crippen molar-refractivity contribution in [2.75, 3.05) is 7.05 Å². The minimum atomic E-state index is -0.890. The summed E-state index contributed by atoms with van der Waals surface area (Å²) >= 11 is 0. The van der Waals surface area contributed by atoms with Crippen LogP contribution in [-0.2, 0) is 47.0 Å². The standard InChI is InChI=1S/C41H42N2O5/c1-29(44)38(43-2)25-36-23-34(19-21-40(36)47-27-31-14-8-4-9-15-31)33-18-20-39(46-26-30-12-6-3-7-13-30)35(22-33)24-37(42)41(45)48-28-32-16-10-5-11-17-32/h3-23,37-38,43H,24-28,42H2,1-2H3/t37-,38-/m0/s1. The SMILES string of the molecule is CN[C@@H](Cc1cc(-c2ccc(OCc3ccccc3)c(C[C@H](N)C(=O)OCc3ccccc3)c2)ccc1OCc1ccccc1)C(C)=O. The molecule has 0 saturated heterocycles. The van der Waals surface area contributed by atoms with Crippen molar-refractivity contribution in [3.8, 4) is 22.6 Å². The normalized spacial score (nSPS) is 12.1. The molecule has 0 aromatic heterocycles. The molecule has 48 heavy (non-hydrogen) atoms. The van der Waals surface area contributed by atoms with E-state index >= 15 is 0 Å². The fourth-order valence-corrected chi connectivity index (χ4v) is 5.41. The van der Waals surface area contributed by atoms with Gasteiger partial charge in [0.25, 0.3) is 0 Å². The van der Waals surface area contributed by atoms with Gasteiger partial charge in [-0.15, -0.1) is 0 Å². The van der Waals surface area contributed by atoms with Gasteiger partial charge in [-0.3, -0.25) is 9.59 Å². The van der Waals surface area contributed by atoms with E-state index in [2.05, 4.69) is 11.4 Å². The molecule has 2 atom stereocenters. The van der Waals surface area contributed by atoms with Crippen molar-refractivity contribution in [2.45, 2.75) is 51.7 Å². The molecule has 0 aliphatic carbocycles. The molecule has 7 nitrogen and oxygen atoms in total. The summed E-state index contributed by atoms with van der Waals surface area (Å²) < 4.78 is 18.1. The number of rotatable bonds is 16. The van der Waals surface area contributed by atoms with Crippen LogP contribution in [0.1, 0.15) is 34.7 Å². The van der Waals surface area contributed by atoms with Gasteiger partial charge in [0.2, 0.25) is 0 Å². The summed E-state index contributed by atoms with van der Waals surface area (Å²) in [5.41, 5.74) is 12.9. The van der Waals surface area contributed by atoms with E-state index in [9.17, 15) is 9.59 Å². The minimum Gasteiger partial charge on any atom is -0.489 e. The monoisotopic (exact) mass is 642 g/mol. The van der Waals surface area contributed by atoms with E-state index in [0.717, 1.165) is 44.7 Å². The second-order valence-corrected chi connectivity index (χ2v) is 11.8. The Morgan fingerprint density at radius 3 is 1.50 bits per heavy atom. The number of hydrogen-bond donors (Lipinski definition) is 2. The van der Waals surface area contributed by atoms with Crippen LogP contribution in [0.2, 0.25) is 0 Å². The molecule has 5 aromatic rings. The largest absolute Gasteiger partial charge is 0.489 e. The molecule has 0 spiro atoms. The summed E-state index contributed by atoms with van der Waals surface area (Å²) in [5, 5.41) is 3.13. The minimum absolute atomic E-state index is 0.0484. The van der Waals surface area contributed by atoms with Gasteiger partial charge in [0, 0.05) is 6.42 Å². The Balaban J connectivity index is 1.42. The third-order valence-electron chi connectivity index (χ3n) is 8.16. The van der Waals surface area contributed by atoms with Gasteiger partial charge in [-0.25, -0.2) is 0 Å². The van der Waals surface area contributed by atoms with Gasteiger partial charge in [-0.2, -0.15) is 0 Å². The van der Waals surface area contributed by atoms with Crippen molar-refractivity contribution < 1.29 is 23.8 Å². The predicted molar refractivity (Wildman–Crippen MR) is 189 cm³/mol. The van der Waals surface area contributed by atoms with Crippen molar-refractivity contribution in [3.05, 3.63) is 155 Å². The Morgan fingerprint density at radius 2 is 1.06 bits per heavy atom. The second-order valence-electron chi connectivity index (χ2n) is 11.8. The topological polar surface area (TPSA) is 99.9 Å². The summed E-state index contributed by atoms with van der Waals surface area (Å²) in [6.07, 6.45) is 0.690. The molecule has 3 N–H and O–H groups in total. The van der Waals surface area contributed by atoms with Crippen LogP contribution in [0.25, 0.3) is 11.1 Å². The molecule has 5 aromatic carbocycles. The fourth-order valence-electron chi connectivity index (χ4n) is 5.41. The van der Waals surface area contributed by atoms with Gasteiger partial charge >= 0.3 is 5.97 Å². The maximum atomic E-state index is 13.0. The van der Waals surface area contributed by atoms with Crippen molar-refractivity contribution >= 4 is 11.8 Å². The van der Waals surface area contributed by atoms with E-state index in [1.54, 1.807) is 14.0 Å². The maximum absolute atomic E-state index is 13.0. The average Bonchev–Trinajstić information content (AvgIpc) is 3.12. The molecular formula is C41H42N2O5. The number of ketones is 1. The number of nitrogens with one attached hydrogen (secondary N) is 1. The first-order valence-electron chi connectivity index (χ1n) is 16.1. The Hall–Kier alpha value is -5.24. The molecular weight excluding hydrogens is 600 g/mol. The number of Topliss-reactive ketones (excluding diaryl/α,β-unsaturated/α-hetero) is 1. The number of carbonyl (C=O) groups is 2. The molecule has 0 amide bonds. The van der Waals surface area contributed by atoms with Crippen LogP contribution >= 0.6 is 0 Å². The van der Waals surface area contributed by atoms with Gasteiger partial charge in [0.05, 0.1) is 6.04 Å². The van der Waals surface area contributed by atoms with Crippen LogP contribution in [0.4, 0.5) is 0 Å². The smallest absolute Gasteiger partial charge is 0.323 e. The van der Waals surface area contributed by atoms with Crippen molar-refractivity contribution in [1.29, 1.82) is 0 Å². The van der Waals surface area contributed by atoms with Crippen LogP contribution in [0.3, 0.4) is 0 Å². The lowest BCUT2D eigenvalue weighted by molar-refractivity contribution is -0.146. The molecule has 0 saturated carbocycles. The molecule has 0 fully saturated rings. The number of carbonyl (C=O) groups excluding carboxylic acids is 2. The number of hydrogen-bond acceptors (Lipinski definition) is 7. The summed E-state index contributed by atoms with van der Waals surface area (Å²) in [6, 6.07) is 40.1. The lowest BCUT2D eigenvalue weighted by Crippen LogP contribution is -2.34. The molecule has 0 aliphatic rings. The number of benzene rings is 5. The highest BCUT2D eigenvalue weighted by Gasteiger charge is 2.20. The van der Waals surface area contributed by atoms with Gasteiger partial charge in [0.1, 0.15) is 43.1 Å². The highest BCUT2D eigenvalue weighted by Crippen LogP contribution is 2.32. The Bertz CT molecular complexity index is 1780. The molecule has 0 bridgehead atoms. The summed E-state index contributed by atoms with van der Waals surface area (Å²) in [7, 11) is 1.79. The highest BCUT2D eigenvalue weighted by molar-refractivity contribution is 5.82. The van der Waals surface area contributed by atoms with Gasteiger partial charge < -0.3 is 25.3 Å². The van der Waals surface area contributed by atoms with Gasteiger partial charge in [0.15, 0.2) is 0 Å². The maximum Gasteiger partial charge on any atom is 0.323 e. The van der Waals surface area contributed by atoms with E-state index in [1.165, 1.54) is 0 Å². The average molecular weight is 643 g/mol. The third kappa shape index (κ3) is 9.64. The van der Waals surface area contributed by atoms with E-state index in [1.807, 2.05) is 121 Å². The number of likely N-dealkylation sites (N-methyl/N-ethyl adjacent to an activating group) is 1. The zero-order valence-electron chi connectivity index (χ0n) is 27.4. The number of esters is 1. The molecule has 0 heterocycles. The van der Waals surface area contributed by atoms with Crippen LogP contribution in [0, 0.1) is 0 Å². The van der Waals surface area contributed by atoms with E-state index in [-0.39, 0.29) is 24.9 Å². The van der Waals surface area contributed by atoms with Gasteiger partial charge in [-0.1, -0.05) is 103 Å². The Labute approximate surface area is 282 Å². The lowest BCUT2D eigenvalue weighted by atomic mass is 9.95. The second kappa shape index (κ2) is 17.1. The highest BCUT2D eigenvalue weighted by atomic mass is 16.5. The first-order valence-corrected chi connectivity index (χ1v) is 16.1. The van der Waals surface area contributed by atoms with Crippen LogP contribution in [0.15, 0.2) is 127 Å². The number of ether oxygens (including phenoxy) is 3. The first kappa shape index (κ1) is 34.1. The number of nitrogens with two attached hydrogens (primary N) is 1. The summed E-state index contributed by atoms with van der Waals surface area (Å²) in [4.78, 5) is 25.4. The first-order chi connectivity index (χ1) is 23.4. The van der Waals surface area contributed by atoms with E-state index in [0.29, 0.717) is 25.4 Å². The van der Waals surface area contributed by atoms with Crippen molar-refractivity contribution in [2.24, 2.45) is 5.73 Å². The van der Waals surface area contributed by atoms with Gasteiger partial charge in [-0.05, 0) is 83.6 Å². The van der Waals surface area contributed by atoms with Crippen LogP contribution < -0.4 is 20.5 Å². The predicted octanol–water partition coefficient (Wildman–Crippen LogP) is 6.84. The fraction of sp³-hybridized carbons (Fsp3) is 0.220.